The van der Waals surface area contributed by atoms with Crippen LogP contribution in [0.2, 0.25) is 5.02 Å². The monoisotopic (exact) mass is 485 g/mol. The normalized spacial score (nSPS) is 14.8. The first-order valence-electron chi connectivity index (χ1n) is 11.0. The predicted molar refractivity (Wildman–Crippen MR) is 132 cm³/mol. The van der Waals surface area contributed by atoms with Crippen molar-refractivity contribution >= 4 is 29.3 Å². The molecule has 3 aromatic rings. The first-order chi connectivity index (χ1) is 16.0. The molecule has 9 heteroatoms. The zero-order valence-corrected chi connectivity index (χ0v) is 20.5. The van der Waals surface area contributed by atoms with Gasteiger partial charge < -0.3 is 9.64 Å². The van der Waals surface area contributed by atoms with E-state index in [0.717, 1.165) is 44.7 Å². The van der Waals surface area contributed by atoms with Crippen molar-refractivity contribution in [2.45, 2.75) is 25.0 Å². The standard InChI is InChI=1S/C24H28ClN5O2S/c1-17-4-6-18(7-5-17)15-29-10-3-11-30(13-12-29)22(31)16-33-24-26-23(27-28-24)20-14-19(25)8-9-21(20)32-2/h4-9,14H,3,10-13,15-16H2,1-2H3,(H,26,27,28). The Balaban J connectivity index is 1.30. The Kier molecular flexibility index (Phi) is 7.90. The molecule has 4 rings (SSSR count). The van der Waals surface area contributed by atoms with Crippen LogP contribution in [0.4, 0.5) is 0 Å². The number of carbonyl (C=O) groups excluding carboxylic acids is 1. The number of nitrogens with one attached hydrogen (secondary N) is 1. The lowest BCUT2D eigenvalue weighted by Gasteiger charge is -2.22. The molecule has 7 nitrogen and oxygen atoms in total. The second kappa shape index (κ2) is 11.0. The number of amides is 1. The number of H-pyrrole nitrogens is 1. The number of aromatic nitrogens is 3. The SMILES string of the molecule is COc1ccc(Cl)cc1-c1nc(SCC(=O)N2CCCN(Cc3ccc(C)cc3)CC2)n[nH]1. The van der Waals surface area contributed by atoms with Gasteiger partial charge in [0.25, 0.3) is 0 Å². The summed E-state index contributed by atoms with van der Waals surface area (Å²) in [6, 6.07) is 14.0. The molecule has 0 aliphatic carbocycles. The summed E-state index contributed by atoms with van der Waals surface area (Å²) in [5.74, 6) is 1.64. The summed E-state index contributed by atoms with van der Waals surface area (Å²) in [6.07, 6.45) is 0.974. The van der Waals surface area contributed by atoms with E-state index in [9.17, 15) is 4.79 Å². The number of thioether (sulfide) groups is 1. The van der Waals surface area contributed by atoms with Crippen LogP contribution in [0.1, 0.15) is 17.5 Å². The third kappa shape index (κ3) is 6.28. The fourth-order valence-corrected chi connectivity index (χ4v) is 4.72. The van der Waals surface area contributed by atoms with Crippen molar-refractivity contribution in [2.24, 2.45) is 0 Å². The lowest BCUT2D eigenvalue weighted by atomic mass is 10.1. The minimum atomic E-state index is 0.115. The highest BCUT2D eigenvalue weighted by atomic mass is 35.5. The molecule has 0 spiro atoms. The van der Waals surface area contributed by atoms with Crippen LogP contribution >= 0.6 is 23.4 Å². The van der Waals surface area contributed by atoms with Crippen LogP contribution in [0.25, 0.3) is 11.4 Å². The molecule has 1 aliphatic rings. The van der Waals surface area contributed by atoms with E-state index in [4.69, 9.17) is 16.3 Å². The lowest BCUT2D eigenvalue weighted by Crippen LogP contribution is -2.36. The molecule has 1 aromatic heterocycles. The van der Waals surface area contributed by atoms with Gasteiger partial charge in [0.2, 0.25) is 11.1 Å². The first-order valence-corrected chi connectivity index (χ1v) is 12.3. The summed E-state index contributed by atoms with van der Waals surface area (Å²) in [6.45, 7) is 6.42. The second-order valence-corrected chi connectivity index (χ2v) is 9.47. The topological polar surface area (TPSA) is 74.3 Å². The van der Waals surface area contributed by atoms with E-state index in [0.29, 0.717) is 27.5 Å². The van der Waals surface area contributed by atoms with Crippen LogP contribution in [-0.4, -0.2) is 69.9 Å². The van der Waals surface area contributed by atoms with E-state index in [2.05, 4.69) is 51.3 Å². The van der Waals surface area contributed by atoms with Crippen LogP contribution in [0.5, 0.6) is 5.75 Å². The lowest BCUT2D eigenvalue weighted by molar-refractivity contribution is -0.128. The molecule has 1 amide bonds. The molecule has 33 heavy (non-hydrogen) atoms. The number of methoxy groups -OCH3 is 1. The van der Waals surface area contributed by atoms with Crippen molar-refractivity contribution in [3.63, 3.8) is 0 Å². The third-order valence-electron chi connectivity index (χ3n) is 5.67. The van der Waals surface area contributed by atoms with Crippen molar-refractivity contribution < 1.29 is 9.53 Å². The summed E-state index contributed by atoms with van der Waals surface area (Å²) < 4.78 is 5.39. The zero-order chi connectivity index (χ0) is 23.2. The quantitative estimate of drug-likeness (QED) is 0.504. The maximum absolute atomic E-state index is 12.8. The molecule has 2 heterocycles. The Hall–Kier alpha value is -2.55. The summed E-state index contributed by atoms with van der Waals surface area (Å²) in [5.41, 5.74) is 3.32. The highest BCUT2D eigenvalue weighted by Crippen LogP contribution is 2.31. The van der Waals surface area contributed by atoms with Crippen LogP contribution in [0.15, 0.2) is 47.6 Å². The number of benzene rings is 2. The van der Waals surface area contributed by atoms with Gasteiger partial charge in [0, 0.05) is 37.7 Å². The maximum Gasteiger partial charge on any atom is 0.233 e. The summed E-state index contributed by atoms with van der Waals surface area (Å²) >= 11 is 7.45. The van der Waals surface area contributed by atoms with Gasteiger partial charge in [0.15, 0.2) is 5.82 Å². The van der Waals surface area contributed by atoms with Gasteiger partial charge in [-0.25, -0.2) is 4.98 Å². The molecule has 0 saturated carbocycles. The van der Waals surface area contributed by atoms with Crippen molar-refractivity contribution in [2.75, 3.05) is 39.0 Å². The van der Waals surface area contributed by atoms with E-state index < -0.39 is 0 Å². The van der Waals surface area contributed by atoms with Crippen molar-refractivity contribution in [1.29, 1.82) is 0 Å². The molecular weight excluding hydrogens is 458 g/mol. The molecule has 1 aliphatic heterocycles. The molecule has 0 unspecified atom stereocenters. The summed E-state index contributed by atoms with van der Waals surface area (Å²) in [5, 5.41) is 8.28. The van der Waals surface area contributed by atoms with Crippen molar-refractivity contribution in [3.8, 4) is 17.1 Å². The molecule has 0 atom stereocenters. The number of hydrogen-bond acceptors (Lipinski definition) is 6. The minimum absolute atomic E-state index is 0.115. The zero-order valence-electron chi connectivity index (χ0n) is 18.9. The van der Waals surface area contributed by atoms with Gasteiger partial charge in [-0.05, 0) is 37.1 Å². The summed E-state index contributed by atoms with van der Waals surface area (Å²) in [4.78, 5) is 21.7. The van der Waals surface area contributed by atoms with E-state index in [1.54, 1.807) is 25.3 Å². The Morgan fingerprint density at radius 2 is 1.97 bits per heavy atom. The molecule has 174 valence electrons. The third-order valence-corrected chi connectivity index (χ3v) is 6.74. The number of ether oxygens (including phenoxy) is 1. The van der Waals surface area contributed by atoms with Crippen LogP contribution in [0.3, 0.4) is 0 Å². The number of aromatic amines is 1. The van der Waals surface area contributed by atoms with E-state index in [1.165, 1.54) is 22.9 Å². The Morgan fingerprint density at radius 3 is 2.76 bits per heavy atom. The largest absolute Gasteiger partial charge is 0.496 e. The molecule has 1 fully saturated rings. The second-order valence-electron chi connectivity index (χ2n) is 8.10. The van der Waals surface area contributed by atoms with Crippen LogP contribution < -0.4 is 4.74 Å². The highest BCUT2D eigenvalue weighted by molar-refractivity contribution is 7.99. The van der Waals surface area contributed by atoms with Gasteiger partial charge in [-0.15, -0.1) is 5.10 Å². The number of halogens is 1. The fraction of sp³-hybridized carbons (Fsp3) is 0.375. The van der Waals surface area contributed by atoms with Gasteiger partial charge in [-0.2, -0.15) is 0 Å². The van der Waals surface area contributed by atoms with E-state index in [1.807, 2.05) is 4.90 Å². The number of carbonyl (C=O) groups is 1. The molecule has 1 N–H and O–H groups in total. The number of aryl methyl sites for hydroxylation is 1. The number of nitrogens with zero attached hydrogens (tertiary/aromatic N) is 4. The number of hydrogen-bond donors (Lipinski definition) is 1. The fourth-order valence-electron chi connectivity index (χ4n) is 3.84. The molecule has 2 aromatic carbocycles. The average Bonchev–Trinajstić information content (AvgIpc) is 3.17. The van der Waals surface area contributed by atoms with Gasteiger partial charge >= 0.3 is 0 Å². The summed E-state index contributed by atoms with van der Waals surface area (Å²) in [7, 11) is 1.60. The Labute approximate surface area is 203 Å². The van der Waals surface area contributed by atoms with Crippen molar-refractivity contribution in [3.05, 3.63) is 58.6 Å². The maximum atomic E-state index is 12.8. The first kappa shape index (κ1) is 23.6. The molecule has 0 radical (unpaired) electrons. The number of rotatable bonds is 7. The average molecular weight is 486 g/mol. The molecule has 1 saturated heterocycles. The van der Waals surface area contributed by atoms with Crippen molar-refractivity contribution in [1.82, 2.24) is 25.0 Å². The van der Waals surface area contributed by atoms with E-state index in [-0.39, 0.29) is 5.91 Å². The van der Waals surface area contributed by atoms with Crippen LogP contribution in [-0.2, 0) is 11.3 Å². The smallest absolute Gasteiger partial charge is 0.233 e. The van der Waals surface area contributed by atoms with Gasteiger partial charge in [-0.1, -0.05) is 53.2 Å². The Morgan fingerprint density at radius 1 is 1.15 bits per heavy atom. The minimum Gasteiger partial charge on any atom is -0.496 e. The van der Waals surface area contributed by atoms with Gasteiger partial charge in [-0.3, -0.25) is 14.8 Å². The molecular formula is C24H28ClN5O2S. The van der Waals surface area contributed by atoms with Gasteiger partial charge in [0.05, 0.1) is 18.4 Å². The molecule has 0 bridgehead atoms. The van der Waals surface area contributed by atoms with Crippen LogP contribution in [0, 0.1) is 6.92 Å². The Bertz CT molecular complexity index is 1090. The van der Waals surface area contributed by atoms with Gasteiger partial charge in [0.1, 0.15) is 5.75 Å². The van der Waals surface area contributed by atoms with E-state index >= 15 is 0 Å². The predicted octanol–water partition coefficient (Wildman–Crippen LogP) is 4.27. The highest BCUT2D eigenvalue weighted by Gasteiger charge is 2.20.